The smallest absolute Gasteiger partial charge is 0.338 e. The Bertz CT molecular complexity index is 525. The molecule has 2 fully saturated rings. The number of carbonyl (C=O) groups is 1. The van der Waals surface area contributed by atoms with Gasteiger partial charge in [0.1, 0.15) is 18.3 Å². The molecule has 1 aromatic carbocycles. The molecule has 1 aromatic rings. The van der Waals surface area contributed by atoms with Gasteiger partial charge in [-0.1, -0.05) is 24.8 Å². The van der Waals surface area contributed by atoms with Gasteiger partial charge in [-0.3, -0.25) is 0 Å². The van der Waals surface area contributed by atoms with Crippen LogP contribution in [0, 0.1) is 0 Å². The number of hydrogen-bond donors (Lipinski definition) is 1. The fraction of sp³-hybridized carbons (Fsp3) is 0.438. The predicted octanol–water partition coefficient (Wildman–Crippen LogP) is 2.08. The summed E-state index contributed by atoms with van der Waals surface area (Å²) in [6.07, 6.45) is 1.54. The third-order valence-corrected chi connectivity index (χ3v) is 4.11. The number of rotatable bonds is 3. The second-order valence-electron chi connectivity index (χ2n) is 5.46. The first-order chi connectivity index (χ1) is 9.62. The molecule has 0 aromatic heterocycles. The first-order valence-electron chi connectivity index (χ1n) is 6.88. The van der Waals surface area contributed by atoms with E-state index in [1.807, 2.05) is 6.07 Å². The number of ether oxygens (including phenoxy) is 2. The molecule has 20 heavy (non-hydrogen) atoms. The van der Waals surface area contributed by atoms with E-state index in [9.17, 15) is 9.90 Å². The highest BCUT2D eigenvalue weighted by Gasteiger charge is 2.60. The molecule has 4 heteroatoms. The summed E-state index contributed by atoms with van der Waals surface area (Å²) in [5, 5.41) is 9.75. The molecule has 1 N–H and O–H groups in total. The number of hydrogen-bond acceptors (Lipinski definition) is 4. The molecule has 1 aliphatic heterocycles. The van der Waals surface area contributed by atoms with Gasteiger partial charge in [0, 0.05) is 6.42 Å². The molecule has 0 bridgehead atoms. The van der Waals surface area contributed by atoms with E-state index in [2.05, 4.69) is 6.58 Å². The van der Waals surface area contributed by atoms with Crippen molar-refractivity contribution in [3.63, 3.8) is 0 Å². The summed E-state index contributed by atoms with van der Waals surface area (Å²) in [6, 6.07) is 8.88. The molecule has 106 valence electrons. The number of aliphatic hydroxyl groups excluding tert-OH is 1. The number of esters is 1. The highest BCUT2D eigenvalue weighted by molar-refractivity contribution is 5.89. The fourth-order valence-corrected chi connectivity index (χ4v) is 2.84. The summed E-state index contributed by atoms with van der Waals surface area (Å²) in [6.45, 7) is 4.23. The normalized spacial score (nSPS) is 32.1. The van der Waals surface area contributed by atoms with E-state index in [0.717, 1.165) is 18.4 Å². The minimum absolute atomic E-state index is 0.169. The third-order valence-electron chi connectivity index (χ3n) is 4.11. The lowest BCUT2D eigenvalue weighted by Crippen LogP contribution is -2.32. The Hall–Kier alpha value is -1.65. The first-order valence-corrected chi connectivity index (χ1v) is 6.88. The van der Waals surface area contributed by atoms with E-state index in [1.54, 1.807) is 24.3 Å². The maximum atomic E-state index is 11.8. The molecular formula is C16H18O4. The molecule has 0 amide bonds. The van der Waals surface area contributed by atoms with Gasteiger partial charge in [0.25, 0.3) is 0 Å². The lowest BCUT2D eigenvalue weighted by atomic mass is 9.81. The maximum absolute atomic E-state index is 11.8. The molecule has 0 radical (unpaired) electrons. The van der Waals surface area contributed by atoms with Crippen molar-refractivity contribution >= 4 is 5.97 Å². The Labute approximate surface area is 118 Å². The number of epoxide rings is 1. The number of carbonyl (C=O) groups excluding carboxylic acids is 1. The largest absolute Gasteiger partial charge is 0.459 e. The van der Waals surface area contributed by atoms with Crippen LogP contribution >= 0.6 is 0 Å². The van der Waals surface area contributed by atoms with Crippen LogP contribution in [0.2, 0.25) is 0 Å². The van der Waals surface area contributed by atoms with Crippen LogP contribution in [0.15, 0.2) is 42.5 Å². The average Bonchev–Trinajstić information content (AvgIpc) is 3.15. The zero-order valence-electron chi connectivity index (χ0n) is 11.2. The van der Waals surface area contributed by atoms with Gasteiger partial charge in [0.05, 0.1) is 11.7 Å². The van der Waals surface area contributed by atoms with E-state index in [-0.39, 0.29) is 24.8 Å². The number of aliphatic hydroxyl groups is 1. The van der Waals surface area contributed by atoms with E-state index in [0.29, 0.717) is 12.0 Å². The summed E-state index contributed by atoms with van der Waals surface area (Å²) in [5.74, 6) is -0.349. The maximum Gasteiger partial charge on any atom is 0.338 e. The SMILES string of the molecule is C=C1CC[C@H](O)C[C@]12O[C@@H]2COC(=O)c1ccccc1. The van der Waals surface area contributed by atoms with Crippen LogP contribution in [-0.2, 0) is 9.47 Å². The van der Waals surface area contributed by atoms with Crippen molar-refractivity contribution in [2.24, 2.45) is 0 Å². The van der Waals surface area contributed by atoms with Crippen LogP contribution in [0.1, 0.15) is 29.6 Å². The second-order valence-corrected chi connectivity index (χ2v) is 5.46. The molecular weight excluding hydrogens is 256 g/mol. The highest BCUT2D eigenvalue weighted by atomic mass is 16.6. The van der Waals surface area contributed by atoms with Crippen LogP contribution in [0.3, 0.4) is 0 Å². The van der Waals surface area contributed by atoms with E-state index >= 15 is 0 Å². The average molecular weight is 274 g/mol. The van der Waals surface area contributed by atoms with Gasteiger partial charge in [-0.2, -0.15) is 0 Å². The van der Waals surface area contributed by atoms with Crippen LogP contribution in [0.5, 0.6) is 0 Å². The predicted molar refractivity (Wildman–Crippen MR) is 73.3 cm³/mol. The molecule has 1 saturated carbocycles. The van der Waals surface area contributed by atoms with Gasteiger partial charge in [-0.25, -0.2) is 4.79 Å². The van der Waals surface area contributed by atoms with Crippen LogP contribution in [-0.4, -0.2) is 35.5 Å². The molecule has 3 atom stereocenters. The van der Waals surface area contributed by atoms with Gasteiger partial charge in [0.15, 0.2) is 0 Å². The zero-order valence-corrected chi connectivity index (χ0v) is 11.2. The Morgan fingerprint density at radius 3 is 2.95 bits per heavy atom. The van der Waals surface area contributed by atoms with Crippen molar-refractivity contribution in [2.45, 2.75) is 37.1 Å². The topological polar surface area (TPSA) is 59.1 Å². The van der Waals surface area contributed by atoms with Crippen molar-refractivity contribution in [1.82, 2.24) is 0 Å². The zero-order chi connectivity index (χ0) is 14.2. The molecule has 1 spiro atoms. The Kier molecular flexibility index (Phi) is 3.36. The first kappa shape index (κ1) is 13.3. The van der Waals surface area contributed by atoms with Gasteiger partial charge >= 0.3 is 5.97 Å². The Morgan fingerprint density at radius 1 is 1.45 bits per heavy atom. The molecule has 0 unspecified atom stereocenters. The summed E-state index contributed by atoms with van der Waals surface area (Å²) in [4.78, 5) is 11.8. The van der Waals surface area contributed by atoms with E-state index in [1.165, 1.54) is 0 Å². The second kappa shape index (κ2) is 5.04. The van der Waals surface area contributed by atoms with Crippen molar-refractivity contribution < 1.29 is 19.4 Å². The Morgan fingerprint density at radius 2 is 2.20 bits per heavy atom. The van der Waals surface area contributed by atoms with Crippen molar-refractivity contribution in [2.75, 3.05) is 6.61 Å². The summed E-state index contributed by atoms with van der Waals surface area (Å²) < 4.78 is 11.0. The van der Waals surface area contributed by atoms with Gasteiger partial charge < -0.3 is 14.6 Å². The molecule has 3 rings (SSSR count). The fourth-order valence-electron chi connectivity index (χ4n) is 2.84. The summed E-state index contributed by atoms with van der Waals surface area (Å²) >= 11 is 0. The van der Waals surface area contributed by atoms with Crippen LogP contribution in [0.4, 0.5) is 0 Å². The molecule has 2 aliphatic rings. The van der Waals surface area contributed by atoms with Gasteiger partial charge in [0.2, 0.25) is 0 Å². The molecule has 1 heterocycles. The summed E-state index contributed by atoms with van der Waals surface area (Å²) in [7, 11) is 0. The standard InChI is InChI=1S/C16H18O4/c1-11-7-8-13(17)9-16(11)14(20-16)10-19-15(18)12-5-3-2-4-6-12/h2-6,13-14,17H,1,7-10H2/t13-,14+,16-/m0/s1. The van der Waals surface area contributed by atoms with Crippen molar-refractivity contribution in [1.29, 1.82) is 0 Å². The van der Waals surface area contributed by atoms with Crippen molar-refractivity contribution in [3.8, 4) is 0 Å². The minimum atomic E-state index is -0.464. The van der Waals surface area contributed by atoms with Gasteiger partial charge in [-0.05, 0) is 30.5 Å². The van der Waals surface area contributed by atoms with Crippen LogP contribution < -0.4 is 0 Å². The Balaban J connectivity index is 1.56. The molecule has 1 saturated heterocycles. The molecule has 1 aliphatic carbocycles. The number of benzene rings is 1. The van der Waals surface area contributed by atoms with Crippen LogP contribution in [0.25, 0.3) is 0 Å². The van der Waals surface area contributed by atoms with E-state index < -0.39 is 5.60 Å². The van der Waals surface area contributed by atoms with E-state index in [4.69, 9.17) is 9.47 Å². The third kappa shape index (κ3) is 2.37. The van der Waals surface area contributed by atoms with Crippen molar-refractivity contribution in [3.05, 3.63) is 48.0 Å². The lowest BCUT2D eigenvalue weighted by molar-refractivity contribution is 0.0476. The monoisotopic (exact) mass is 274 g/mol. The minimum Gasteiger partial charge on any atom is -0.459 e. The lowest BCUT2D eigenvalue weighted by Gasteiger charge is -2.26. The van der Waals surface area contributed by atoms with Gasteiger partial charge in [-0.15, -0.1) is 0 Å². The quantitative estimate of drug-likeness (QED) is 0.521. The molecule has 4 nitrogen and oxygen atoms in total. The summed E-state index contributed by atoms with van der Waals surface area (Å²) in [5.41, 5.74) is 1.07. The highest BCUT2D eigenvalue weighted by Crippen LogP contribution is 2.50.